The van der Waals surface area contributed by atoms with Crippen molar-refractivity contribution < 1.29 is 14.3 Å². The van der Waals surface area contributed by atoms with Crippen LogP contribution in [0.2, 0.25) is 0 Å². The molecule has 0 aliphatic rings. The molecule has 0 saturated heterocycles. The fourth-order valence-corrected chi connectivity index (χ4v) is 3.27. The van der Waals surface area contributed by atoms with Crippen LogP contribution in [-0.2, 0) is 0 Å². The molecule has 4 rings (SSSR count). The fraction of sp³-hybridized carbons (Fsp3) is 0.286. The summed E-state index contributed by atoms with van der Waals surface area (Å²) in [7, 11) is 3.14. The van der Waals surface area contributed by atoms with Crippen LogP contribution in [0.1, 0.15) is 35.9 Å². The first-order valence-corrected chi connectivity index (χ1v) is 9.72. The first kappa shape index (κ1) is 20.3. The van der Waals surface area contributed by atoms with Crippen molar-refractivity contribution in [2.45, 2.75) is 26.8 Å². The van der Waals surface area contributed by atoms with E-state index in [9.17, 15) is 4.79 Å². The third-order valence-electron chi connectivity index (χ3n) is 4.87. The number of pyridine rings is 1. The minimum Gasteiger partial charge on any atom is -0.497 e. The van der Waals surface area contributed by atoms with Crippen LogP contribution in [0.4, 0.5) is 5.95 Å². The first-order valence-electron chi connectivity index (χ1n) is 9.72. The molecule has 0 fully saturated rings. The average Bonchev–Trinajstić information content (AvgIpc) is 3.39. The van der Waals surface area contributed by atoms with Crippen LogP contribution >= 0.6 is 0 Å². The topological polar surface area (TPSA) is 120 Å². The van der Waals surface area contributed by atoms with Crippen molar-refractivity contribution in [1.29, 1.82) is 0 Å². The predicted molar refractivity (Wildman–Crippen MR) is 116 cm³/mol. The third-order valence-corrected chi connectivity index (χ3v) is 4.87. The summed E-state index contributed by atoms with van der Waals surface area (Å²) in [6.07, 6.45) is 1.71. The summed E-state index contributed by atoms with van der Waals surface area (Å²) >= 11 is 0. The number of benzene rings is 1. The number of amides is 1. The van der Waals surface area contributed by atoms with Crippen LogP contribution in [0, 0.1) is 6.92 Å². The molecular formula is C21H23N7O3. The number of rotatable bonds is 6. The van der Waals surface area contributed by atoms with Gasteiger partial charge in [0.2, 0.25) is 5.95 Å². The van der Waals surface area contributed by atoms with Gasteiger partial charge in [-0.25, -0.2) is 9.67 Å². The van der Waals surface area contributed by atoms with Gasteiger partial charge in [0, 0.05) is 17.5 Å². The maximum Gasteiger partial charge on any atom is 0.259 e. The highest BCUT2D eigenvalue weighted by Gasteiger charge is 2.18. The number of nitrogens with zero attached hydrogens (tertiary/aromatic N) is 5. The second kappa shape index (κ2) is 8.05. The highest BCUT2D eigenvalue weighted by atomic mass is 16.5. The Kier molecular flexibility index (Phi) is 5.28. The molecule has 2 N–H and O–H groups in total. The van der Waals surface area contributed by atoms with E-state index in [0.29, 0.717) is 34.1 Å². The number of hydrogen-bond acceptors (Lipinski definition) is 7. The zero-order chi connectivity index (χ0) is 22.1. The Balaban J connectivity index is 1.59. The molecule has 0 aliphatic heterocycles. The van der Waals surface area contributed by atoms with Crippen molar-refractivity contribution in [1.82, 2.24) is 29.9 Å². The summed E-state index contributed by atoms with van der Waals surface area (Å²) in [4.78, 5) is 21.8. The van der Waals surface area contributed by atoms with Crippen molar-refractivity contribution in [3.8, 4) is 22.9 Å². The molecule has 0 unspecified atom stereocenters. The van der Waals surface area contributed by atoms with Gasteiger partial charge in [0.1, 0.15) is 11.5 Å². The van der Waals surface area contributed by atoms with Gasteiger partial charge in [-0.05, 0) is 39.0 Å². The Labute approximate surface area is 178 Å². The number of H-pyrrole nitrogens is 1. The Morgan fingerprint density at radius 2 is 1.97 bits per heavy atom. The molecule has 0 atom stereocenters. The van der Waals surface area contributed by atoms with E-state index in [1.165, 1.54) is 0 Å². The molecule has 1 amide bonds. The lowest BCUT2D eigenvalue weighted by molar-refractivity contribution is 0.102. The number of anilines is 1. The maximum absolute atomic E-state index is 12.9. The molecule has 1 aromatic carbocycles. The quantitative estimate of drug-likeness (QED) is 0.490. The van der Waals surface area contributed by atoms with Crippen LogP contribution in [0.15, 0.2) is 30.5 Å². The zero-order valence-electron chi connectivity index (χ0n) is 17.9. The van der Waals surface area contributed by atoms with Crippen molar-refractivity contribution in [3.05, 3.63) is 41.7 Å². The van der Waals surface area contributed by atoms with E-state index < -0.39 is 0 Å². The molecule has 10 heteroatoms. The van der Waals surface area contributed by atoms with Crippen LogP contribution in [-0.4, -0.2) is 50.1 Å². The largest absolute Gasteiger partial charge is 0.497 e. The summed E-state index contributed by atoms with van der Waals surface area (Å²) in [6.45, 7) is 5.85. The van der Waals surface area contributed by atoms with Gasteiger partial charge in [-0.2, -0.15) is 10.1 Å². The summed E-state index contributed by atoms with van der Waals surface area (Å²) in [5, 5.41) is 14.8. The number of carbonyl (C=O) groups is 1. The number of nitrogens with one attached hydrogen (secondary N) is 2. The summed E-state index contributed by atoms with van der Waals surface area (Å²) in [5.74, 6) is 1.49. The summed E-state index contributed by atoms with van der Waals surface area (Å²) < 4.78 is 12.4. The Morgan fingerprint density at radius 1 is 1.16 bits per heavy atom. The molecule has 4 aromatic rings. The highest BCUT2D eigenvalue weighted by molar-refractivity contribution is 6.05. The number of fused-ring (bicyclic) bond motifs is 1. The van der Waals surface area contributed by atoms with Gasteiger partial charge in [0.25, 0.3) is 5.91 Å². The molecular weight excluding hydrogens is 398 g/mol. The number of hydrogen-bond donors (Lipinski definition) is 2. The number of ether oxygens (including phenoxy) is 2. The number of methoxy groups -OCH3 is 2. The van der Waals surface area contributed by atoms with Gasteiger partial charge in [0.15, 0.2) is 11.5 Å². The van der Waals surface area contributed by atoms with Gasteiger partial charge in [-0.3, -0.25) is 15.2 Å². The average molecular weight is 421 g/mol. The van der Waals surface area contributed by atoms with Crippen molar-refractivity contribution in [2.75, 3.05) is 19.5 Å². The second-order valence-corrected chi connectivity index (χ2v) is 7.25. The molecule has 3 aromatic heterocycles. The van der Waals surface area contributed by atoms with E-state index >= 15 is 0 Å². The summed E-state index contributed by atoms with van der Waals surface area (Å²) in [6, 6.07) is 7.29. The van der Waals surface area contributed by atoms with Crippen LogP contribution in [0.25, 0.3) is 22.4 Å². The molecule has 0 spiro atoms. The van der Waals surface area contributed by atoms with E-state index in [0.717, 1.165) is 11.0 Å². The van der Waals surface area contributed by atoms with Crippen molar-refractivity contribution in [3.63, 3.8) is 0 Å². The monoisotopic (exact) mass is 421 g/mol. The fourth-order valence-electron chi connectivity index (χ4n) is 3.27. The molecule has 3 heterocycles. The minimum absolute atomic E-state index is 0.148. The van der Waals surface area contributed by atoms with Crippen molar-refractivity contribution >= 4 is 22.9 Å². The lowest BCUT2D eigenvalue weighted by Gasteiger charge is -2.09. The number of carbonyl (C=O) groups excluding carboxylic acids is 1. The first-order chi connectivity index (χ1) is 14.9. The van der Waals surface area contributed by atoms with Crippen LogP contribution in [0.5, 0.6) is 11.5 Å². The van der Waals surface area contributed by atoms with Gasteiger partial charge in [-0.15, -0.1) is 5.10 Å². The number of aryl methyl sites for hydroxylation is 1. The van der Waals surface area contributed by atoms with Crippen LogP contribution < -0.4 is 14.8 Å². The Morgan fingerprint density at radius 3 is 2.68 bits per heavy atom. The molecule has 10 nitrogen and oxygen atoms in total. The van der Waals surface area contributed by atoms with Gasteiger partial charge in [-0.1, -0.05) is 0 Å². The zero-order valence-corrected chi connectivity index (χ0v) is 17.9. The second-order valence-electron chi connectivity index (χ2n) is 7.25. The van der Waals surface area contributed by atoms with Gasteiger partial charge < -0.3 is 9.47 Å². The minimum atomic E-state index is -0.351. The number of aromatic amines is 1. The standard InChI is InChI=1S/C21H23N7O3/c1-11(2)28-19-13(10-22-28)8-16(12(3)23-19)20(29)25-21-24-18(26-27-21)15-7-6-14(30-4)9-17(15)31-5/h6-11H,1-5H3,(H2,24,25,26,27,29). The van der Waals surface area contributed by atoms with E-state index in [2.05, 4.69) is 30.6 Å². The maximum atomic E-state index is 12.9. The lowest BCUT2D eigenvalue weighted by Crippen LogP contribution is -2.15. The molecule has 31 heavy (non-hydrogen) atoms. The molecule has 0 aliphatic carbocycles. The van der Waals surface area contributed by atoms with Crippen molar-refractivity contribution in [2.24, 2.45) is 0 Å². The normalized spacial score (nSPS) is 11.2. The van der Waals surface area contributed by atoms with E-state index in [4.69, 9.17) is 9.47 Å². The molecule has 0 saturated carbocycles. The van der Waals surface area contributed by atoms with E-state index in [1.807, 2.05) is 18.5 Å². The molecule has 160 valence electrons. The van der Waals surface area contributed by atoms with E-state index in [-0.39, 0.29) is 17.9 Å². The van der Waals surface area contributed by atoms with E-state index in [1.54, 1.807) is 51.6 Å². The SMILES string of the molecule is COc1ccc(-c2nc(NC(=O)c3cc4cnn(C(C)C)c4nc3C)n[nH]2)c(OC)c1. The van der Waals surface area contributed by atoms with Gasteiger partial charge in [0.05, 0.1) is 37.2 Å². The van der Waals surface area contributed by atoms with Gasteiger partial charge >= 0.3 is 0 Å². The predicted octanol–water partition coefficient (Wildman–Crippen LogP) is 3.38. The molecule has 0 radical (unpaired) electrons. The third kappa shape index (κ3) is 3.79. The lowest BCUT2D eigenvalue weighted by atomic mass is 10.1. The van der Waals surface area contributed by atoms with Crippen LogP contribution in [0.3, 0.4) is 0 Å². The Bertz CT molecular complexity index is 1260. The molecule has 0 bridgehead atoms. The Hall–Kier alpha value is -3.95. The summed E-state index contributed by atoms with van der Waals surface area (Å²) in [5.41, 5.74) is 2.47. The highest BCUT2D eigenvalue weighted by Crippen LogP contribution is 2.31. The number of aromatic nitrogens is 6. The smallest absolute Gasteiger partial charge is 0.259 e.